The highest BCUT2D eigenvalue weighted by Gasteiger charge is 2.40. The van der Waals surface area contributed by atoms with Gasteiger partial charge in [-0.3, -0.25) is 4.79 Å². The van der Waals surface area contributed by atoms with Crippen molar-refractivity contribution in [3.63, 3.8) is 0 Å². The number of unbranched alkanes of at least 4 members (excludes halogenated alkanes) is 4. The van der Waals surface area contributed by atoms with Gasteiger partial charge in [0.1, 0.15) is 6.61 Å². The molecule has 142 valence electrons. The van der Waals surface area contributed by atoms with E-state index >= 15 is 0 Å². The third kappa shape index (κ3) is 7.03. The van der Waals surface area contributed by atoms with Crippen LogP contribution in [0.1, 0.15) is 46.0 Å². The van der Waals surface area contributed by atoms with Crippen molar-refractivity contribution >= 4 is 5.91 Å². The summed E-state index contributed by atoms with van der Waals surface area (Å²) in [5.74, 6) is -0.596. The number of ether oxygens (including phenoxy) is 1. The zero-order chi connectivity index (χ0) is 17.9. The van der Waals surface area contributed by atoms with Crippen LogP contribution in [0.2, 0.25) is 0 Å². The van der Waals surface area contributed by atoms with Gasteiger partial charge in [-0.2, -0.15) is 0 Å². The first-order chi connectivity index (χ1) is 11.5. The van der Waals surface area contributed by atoms with Gasteiger partial charge in [0, 0.05) is 19.1 Å². The van der Waals surface area contributed by atoms with Crippen LogP contribution in [0.3, 0.4) is 0 Å². The molecule has 1 heterocycles. The zero-order valence-corrected chi connectivity index (χ0v) is 14.9. The summed E-state index contributed by atoms with van der Waals surface area (Å²) >= 11 is 0. The van der Waals surface area contributed by atoms with E-state index in [1.165, 1.54) is 19.3 Å². The lowest BCUT2D eigenvalue weighted by Crippen LogP contribution is -2.65. The number of aliphatic hydroxyl groups excluding tert-OH is 3. The lowest BCUT2D eigenvalue weighted by atomic mass is 9.84. The van der Waals surface area contributed by atoms with Gasteiger partial charge in [0.05, 0.1) is 30.9 Å². The van der Waals surface area contributed by atoms with Gasteiger partial charge in [-0.1, -0.05) is 39.5 Å². The summed E-state index contributed by atoms with van der Waals surface area (Å²) in [5.41, 5.74) is 0. The normalized spacial score (nSPS) is 30.3. The summed E-state index contributed by atoms with van der Waals surface area (Å²) in [4.78, 5) is 11.8. The summed E-state index contributed by atoms with van der Waals surface area (Å²) in [7, 11) is 0. The molecule has 1 aliphatic heterocycles. The van der Waals surface area contributed by atoms with Crippen LogP contribution in [0, 0.1) is 5.92 Å². The summed E-state index contributed by atoms with van der Waals surface area (Å²) in [6.07, 6.45) is 4.12. The molecule has 0 aromatic rings. The van der Waals surface area contributed by atoms with Gasteiger partial charge in [-0.25, -0.2) is 0 Å². The molecule has 0 aromatic carbocycles. The molecule has 5 atom stereocenters. The number of rotatable bonds is 11. The van der Waals surface area contributed by atoms with Crippen LogP contribution in [-0.2, 0) is 9.53 Å². The second kappa shape index (κ2) is 11.8. The fourth-order valence-corrected chi connectivity index (χ4v) is 2.99. The fraction of sp³-hybridized carbons (Fsp3) is 0.941. The van der Waals surface area contributed by atoms with Crippen LogP contribution in [0.25, 0.3) is 0 Å². The molecular formula is C17H34N2O5. The molecule has 1 aliphatic rings. The van der Waals surface area contributed by atoms with E-state index in [9.17, 15) is 20.1 Å². The van der Waals surface area contributed by atoms with Gasteiger partial charge in [0.15, 0.2) is 0 Å². The average molecular weight is 346 g/mol. The van der Waals surface area contributed by atoms with Crippen molar-refractivity contribution in [1.29, 1.82) is 0 Å². The molecule has 0 aromatic heterocycles. The van der Waals surface area contributed by atoms with Crippen molar-refractivity contribution < 1.29 is 24.9 Å². The minimum absolute atomic E-state index is 0.0121. The first kappa shape index (κ1) is 21.3. The number of carbonyl (C=O) groups is 1. The molecular weight excluding hydrogens is 312 g/mol. The Hall–Kier alpha value is -0.730. The zero-order valence-electron chi connectivity index (χ0n) is 14.9. The molecule has 1 unspecified atom stereocenters. The third-order valence-electron chi connectivity index (χ3n) is 4.67. The van der Waals surface area contributed by atoms with E-state index in [1.807, 2.05) is 0 Å². The standard InChI is InChI=1S/C17H34N2O5/c1-3-4-5-6-7-8-24-11-15(21)18-9-13-16(22)12(2)17(23)14(10-20)19-13/h12-14,16-17,19-20,22-23H,3-11H2,1-2H3,(H,18,21)/t12?,13-,14-,16-,17+/m1/s1. The van der Waals surface area contributed by atoms with Gasteiger partial charge >= 0.3 is 0 Å². The van der Waals surface area contributed by atoms with Gasteiger partial charge in [0.25, 0.3) is 0 Å². The lowest BCUT2D eigenvalue weighted by Gasteiger charge is -2.42. The largest absolute Gasteiger partial charge is 0.395 e. The Bertz CT molecular complexity index is 354. The monoisotopic (exact) mass is 346 g/mol. The molecule has 7 nitrogen and oxygen atoms in total. The number of aliphatic hydroxyl groups is 3. The summed E-state index contributed by atoms with van der Waals surface area (Å²) < 4.78 is 5.35. The highest BCUT2D eigenvalue weighted by Crippen LogP contribution is 2.20. The molecule has 1 saturated heterocycles. The van der Waals surface area contributed by atoms with Crippen molar-refractivity contribution in [3.8, 4) is 0 Å². The number of amides is 1. The first-order valence-electron chi connectivity index (χ1n) is 9.08. The van der Waals surface area contributed by atoms with E-state index in [0.717, 1.165) is 12.8 Å². The number of piperidine rings is 1. The number of nitrogens with one attached hydrogen (secondary N) is 2. The molecule has 0 spiro atoms. The Morgan fingerprint density at radius 2 is 1.79 bits per heavy atom. The maximum atomic E-state index is 11.8. The van der Waals surface area contributed by atoms with Crippen molar-refractivity contribution in [1.82, 2.24) is 10.6 Å². The molecule has 1 amide bonds. The number of hydrogen-bond donors (Lipinski definition) is 5. The number of carbonyl (C=O) groups excluding carboxylic acids is 1. The summed E-state index contributed by atoms with van der Waals surface area (Å²) in [6, 6.07) is -0.900. The second-order valence-electron chi connectivity index (χ2n) is 6.67. The minimum Gasteiger partial charge on any atom is -0.395 e. The van der Waals surface area contributed by atoms with Crippen LogP contribution in [0.15, 0.2) is 0 Å². The fourth-order valence-electron chi connectivity index (χ4n) is 2.99. The SMILES string of the molecule is CCCCCCCOCC(=O)NC[C@H]1N[C@H](CO)[C@@H](O)C(C)[C@H]1O. The second-order valence-corrected chi connectivity index (χ2v) is 6.67. The van der Waals surface area contributed by atoms with Crippen molar-refractivity contribution in [2.75, 3.05) is 26.4 Å². The van der Waals surface area contributed by atoms with Crippen LogP contribution in [0.4, 0.5) is 0 Å². The van der Waals surface area contributed by atoms with Crippen LogP contribution in [0.5, 0.6) is 0 Å². The van der Waals surface area contributed by atoms with Crippen LogP contribution >= 0.6 is 0 Å². The summed E-state index contributed by atoms with van der Waals surface area (Å²) in [6.45, 7) is 4.51. The van der Waals surface area contributed by atoms with Gasteiger partial charge < -0.3 is 30.7 Å². The maximum absolute atomic E-state index is 11.8. The molecule has 0 aliphatic carbocycles. The van der Waals surface area contributed by atoms with E-state index in [2.05, 4.69) is 17.6 Å². The molecule has 5 N–H and O–H groups in total. The summed E-state index contributed by atoms with van der Waals surface area (Å²) in [5, 5.41) is 35.1. The molecule has 24 heavy (non-hydrogen) atoms. The van der Waals surface area contributed by atoms with E-state index in [-0.39, 0.29) is 31.6 Å². The van der Waals surface area contributed by atoms with E-state index in [4.69, 9.17) is 4.74 Å². The van der Waals surface area contributed by atoms with Crippen LogP contribution in [-0.4, -0.2) is 71.9 Å². The van der Waals surface area contributed by atoms with Crippen molar-refractivity contribution in [2.45, 2.75) is 70.2 Å². The predicted molar refractivity (Wildman–Crippen MR) is 91.6 cm³/mol. The minimum atomic E-state index is -0.812. The first-order valence-corrected chi connectivity index (χ1v) is 9.08. The Morgan fingerprint density at radius 3 is 2.46 bits per heavy atom. The molecule has 0 radical (unpaired) electrons. The molecule has 1 fully saturated rings. The molecule has 1 rings (SSSR count). The molecule has 0 bridgehead atoms. The third-order valence-corrected chi connectivity index (χ3v) is 4.67. The Kier molecular flexibility index (Phi) is 10.4. The smallest absolute Gasteiger partial charge is 0.246 e. The Morgan fingerprint density at radius 1 is 1.12 bits per heavy atom. The highest BCUT2D eigenvalue weighted by atomic mass is 16.5. The van der Waals surface area contributed by atoms with Crippen LogP contribution < -0.4 is 10.6 Å². The number of hydrogen-bond acceptors (Lipinski definition) is 6. The highest BCUT2D eigenvalue weighted by molar-refractivity contribution is 5.77. The topological polar surface area (TPSA) is 111 Å². The van der Waals surface area contributed by atoms with Crippen molar-refractivity contribution in [3.05, 3.63) is 0 Å². The molecule has 7 heteroatoms. The van der Waals surface area contributed by atoms with E-state index < -0.39 is 24.3 Å². The van der Waals surface area contributed by atoms with Crippen molar-refractivity contribution in [2.24, 2.45) is 5.92 Å². The Balaban J connectivity index is 2.19. The Labute approximate surface area is 144 Å². The van der Waals surface area contributed by atoms with Gasteiger partial charge in [0.2, 0.25) is 5.91 Å². The van der Waals surface area contributed by atoms with E-state index in [1.54, 1.807) is 6.92 Å². The maximum Gasteiger partial charge on any atom is 0.246 e. The lowest BCUT2D eigenvalue weighted by molar-refractivity contribution is -0.126. The predicted octanol–water partition coefficient (Wildman–Crippen LogP) is -0.220. The molecule has 0 saturated carbocycles. The average Bonchev–Trinajstić information content (AvgIpc) is 2.58. The van der Waals surface area contributed by atoms with E-state index in [0.29, 0.717) is 6.61 Å². The van der Waals surface area contributed by atoms with Gasteiger partial charge in [-0.05, 0) is 6.42 Å². The van der Waals surface area contributed by atoms with Gasteiger partial charge in [-0.15, -0.1) is 0 Å². The quantitative estimate of drug-likeness (QED) is 0.331.